The Bertz CT molecular complexity index is 1590. The van der Waals surface area contributed by atoms with Gasteiger partial charge in [-0.2, -0.15) is 8.42 Å². The Morgan fingerprint density at radius 1 is 0.730 bits per heavy atom. The lowest BCUT2D eigenvalue weighted by Crippen LogP contribution is -2.29. The van der Waals surface area contributed by atoms with Crippen molar-refractivity contribution in [1.29, 1.82) is 0 Å². The van der Waals surface area contributed by atoms with Gasteiger partial charge in [0, 0.05) is 5.56 Å². The van der Waals surface area contributed by atoms with Crippen LogP contribution in [0, 0.1) is 6.92 Å². The van der Waals surface area contributed by atoms with Gasteiger partial charge in [-0.05, 0) is 60.5 Å². The highest BCUT2D eigenvalue weighted by atomic mass is 32.2. The van der Waals surface area contributed by atoms with Crippen molar-refractivity contribution in [2.75, 3.05) is 7.11 Å². The molecule has 7 nitrogen and oxygen atoms in total. The summed E-state index contributed by atoms with van der Waals surface area (Å²) in [7, 11) is -2.74. The first kappa shape index (κ1) is 24.4. The fraction of sp³-hybridized carbons (Fsp3) is 0.103. The van der Waals surface area contributed by atoms with Gasteiger partial charge in [0.15, 0.2) is 5.60 Å². The lowest BCUT2D eigenvalue weighted by atomic mass is 9.80. The SMILES string of the molecule is COC(=O)c1ccc(C(=O)Oc2ccc(C3(c4ccc(C)cc4)OS(=O)(=O)c4ccccc43)cc2)cc1. The molecule has 0 saturated carbocycles. The van der Waals surface area contributed by atoms with Crippen LogP contribution in [-0.4, -0.2) is 27.5 Å². The van der Waals surface area contributed by atoms with Gasteiger partial charge in [0.05, 0.1) is 18.2 Å². The summed E-state index contributed by atoms with van der Waals surface area (Å²) in [6, 6.07) is 26.6. The van der Waals surface area contributed by atoms with E-state index in [0.717, 1.165) is 5.56 Å². The van der Waals surface area contributed by atoms with Crippen LogP contribution in [0.3, 0.4) is 0 Å². The average molecular weight is 515 g/mol. The van der Waals surface area contributed by atoms with Crippen molar-refractivity contribution >= 4 is 22.1 Å². The van der Waals surface area contributed by atoms with Crippen LogP contribution in [0.2, 0.25) is 0 Å². The Labute approximate surface area is 214 Å². The van der Waals surface area contributed by atoms with Crippen molar-refractivity contribution in [2.45, 2.75) is 17.4 Å². The molecule has 0 N–H and O–H groups in total. The van der Waals surface area contributed by atoms with E-state index in [4.69, 9.17) is 8.92 Å². The molecule has 0 saturated heterocycles. The molecule has 0 aliphatic carbocycles. The summed E-state index contributed by atoms with van der Waals surface area (Å²) in [4.78, 5) is 24.3. The average Bonchev–Trinajstić information content (AvgIpc) is 3.17. The predicted molar refractivity (Wildman–Crippen MR) is 135 cm³/mol. The van der Waals surface area contributed by atoms with Crippen molar-refractivity contribution in [3.63, 3.8) is 0 Å². The second-order valence-electron chi connectivity index (χ2n) is 8.56. The third-order valence-electron chi connectivity index (χ3n) is 6.24. The Balaban J connectivity index is 1.50. The summed E-state index contributed by atoms with van der Waals surface area (Å²) in [6.45, 7) is 1.95. The molecule has 8 heteroatoms. The first-order valence-electron chi connectivity index (χ1n) is 11.4. The Hall–Kier alpha value is -4.27. The van der Waals surface area contributed by atoms with Crippen molar-refractivity contribution in [3.8, 4) is 5.75 Å². The van der Waals surface area contributed by atoms with Crippen molar-refractivity contribution in [3.05, 3.63) is 130 Å². The molecule has 0 spiro atoms. The van der Waals surface area contributed by atoms with Gasteiger partial charge >= 0.3 is 11.9 Å². The van der Waals surface area contributed by atoms with Crippen molar-refractivity contribution < 1.29 is 31.7 Å². The van der Waals surface area contributed by atoms with Gasteiger partial charge in [0.2, 0.25) is 0 Å². The molecule has 0 radical (unpaired) electrons. The van der Waals surface area contributed by atoms with E-state index in [1.54, 1.807) is 42.5 Å². The number of esters is 2. The third kappa shape index (κ3) is 4.30. The summed E-state index contributed by atoms with van der Waals surface area (Å²) in [5.41, 5.74) is 1.93. The number of ether oxygens (including phenoxy) is 2. The van der Waals surface area contributed by atoms with Gasteiger partial charge < -0.3 is 9.47 Å². The highest BCUT2D eigenvalue weighted by Gasteiger charge is 2.51. The summed E-state index contributed by atoms with van der Waals surface area (Å²) in [6.07, 6.45) is 0. The summed E-state index contributed by atoms with van der Waals surface area (Å²) in [5, 5.41) is 0. The van der Waals surface area contributed by atoms with E-state index < -0.39 is 27.7 Å². The first-order chi connectivity index (χ1) is 17.7. The molecule has 0 bridgehead atoms. The van der Waals surface area contributed by atoms with E-state index >= 15 is 0 Å². The smallest absolute Gasteiger partial charge is 0.343 e. The van der Waals surface area contributed by atoms with E-state index in [0.29, 0.717) is 22.3 Å². The molecule has 5 rings (SSSR count). The number of benzene rings is 4. The normalized spacial score (nSPS) is 17.6. The minimum Gasteiger partial charge on any atom is -0.465 e. The Kier molecular flexibility index (Phi) is 6.15. The molecular weight excluding hydrogens is 492 g/mol. The van der Waals surface area contributed by atoms with Gasteiger partial charge in [-0.3, -0.25) is 0 Å². The lowest BCUT2D eigenvalue weighted by Gasteiger charge is -2.29. The highest BCUT2D eigenvalue weighted by Crippen LogP contribution is 2.50. The van der Waals surface area contributed by atoms with E-state index in [9.17, 15) is 18.0 Å². The minimum atomic E-state index is -4.01. The monoisotopic (exact) mass is 514 g/mol. The minimum absolute atomic E-state index is 0.112. The zero-order valence-corrected chi connectivity index (χ0v) is 20.8. The standard InChI is InChI=1S/C29H22O7S/c1-19-7-13-22(14-8-19)29(25-5-3-4-6-26(25)37(32,33)36-29)23-15-17-24(18-16-23)35-28(31)21-11-9-20(10-12-21)27(30)34-2/h3-18H,1-2H3. The summed E-state index contributed by atoms with van der Waals surface area (Å²) >= 11 is 0. The van der Waals surface area contributed by atoms with Crippen LogP contribution in [0.4, 0.5) is 0 Å². The Morgan fingerprint density at radius 2 is 1.27 bits per heavy atom. The maximum absolute atomic E-state index is 13.0. The number of carbonyl (C=O) groups is 2. The van der Waals surface area contributed by atoms with Crippen molar-refractivity contribution in [2.24, 2.45) is 0 Å². The molecule has 4 aromatic rings. The van der Waals surface area contributed by atoms with Crippen LogP contribution in [0.25, 0.3) is 0 Å². The molecule has 0 aromatic heterocycles. The number of fused-ring (bicyclic) bond motifs is 1. The zero-order valence-electron chi connectivity index (χ0n) is 20.0. The third-order valence-corrected chi connectivity index (χ3v) is 7.61. The molecule has 1 aliphatic heterocycles. The van der Waals surface area contributed by atoms with Gasteiger partial charge in [0.1, 0.15) is 10.6 Å². The highest BCUT2D eigenvalue weighted by molar-refractivity contribution is 7.87. The number of rotatable bonds is 5. The van der Waals surface area contributed by atoms with Crippen LogP contribution in [0.1, 0.15) is 43.0 Å². The number of hydrogen-bond acceptors (Lipinski definition) is 7. The molecule has 4 aromatic carbocycles. The fourth-order valence-electron chi connectivity index (χ4n) is 4.38. The number of carbonyl (C=O) groups excluding carboxylic acids is 2. The molecular formula is C29H22O7S. The van der Waals surface area contributed by atoms with Crippen LogP contribution in [0.15, 0.2) is 102 Å². The number of methoxy groups -OCH3 is 1. The largest absolute Gasteiger partial charge is 0.465 e. The molecule has 186 valence electrons. The molecule has 0 fully saturated rings. The van der Waals surface area contributed by atoms with E-state index in [1.165, 1.54) is 37.4 Å². The molecule has 0 amide bonds. The quantitative estimate of drug-likeness (QED) is 0.210. The maximum atomic E-state index is 13.0. The molecule has 1 aliphatic rings. The van der Waals surface area contributed by atoms with E-state index in [-0.39, 0.29) is 16.2 Å². The molecule has 1 heterocycles. The van der Waals surface area contributed by atoms with Gasteiger partial charge in [0.25, 0.3) is 10.1 Å². The Morgan fingerprint density at radius 3 is 1.86 bits per heavy atom. The van der Waals surface area contributed by atoms with Crippen LogP contribution in [-0.2, 0) is 24.6 Å². The first-order valence-corrected chi connectivity index (χ1v) is 12.8. The number of hydrogen-bond donors (Lipinski definition) is 0. The van der Waals surface area contributed by atoms with Gasteiger partial charge in [-0.1, -0.05) is 60.2 Å². The van der Waals surface area contributed by atoms with Gasteiger partial charge in [-0.25, -0.2) is 13.8 Å². The van der Waals surface area contributed by atoms with Crippen molar-refractivity contribution in [1.82, 2.24) is 0 Å². The van der Waals surface area contributed by atoms with Crippen LogP contribution < -0.4 is 4.74 Å². The lowest BCUT2D eigenvalue weighted by molar-refractivity contribution is 0.0599. The van der Waals surface area contributed by atoms with E-state index in [1.807, 2.05) is 31.2 Å². The fourth-order valence-corrected chi connectivity index (χ4v) is 5.80. The molecule has 1 atom stereocenters. The summed E-state index contributed by atoms with van der Waals surface area (Å²) in [5.74, 6) is -0.850. The topological polar surface area (TPSA) is 96.0 Å². The number of aryl methyl sites for hydroxylation is 1. The predicted octanol–water partition coefficient (Wildman–Crippen LogP) is 5.01. The maximum Gasteiger partial charge on any atom is 0.343 e. The second-order valence-corrected chi connectivity index (χ2v) is 10.1. The molecule has 37 heavy (non-hydrogen) atoms. The molecule has 1 unspecified atom stereocenters. The van der Waals surface area contributed by atoms with Gasteiger partial charge in [-0.15, -0.1) is 0 Å². The van der Waals surface area contributed by atoms with E-state index in [2.05, 4.69) is 4.74 Å². The second kappa shape index (κ2) is 9.31. The zero-order chi connectivity index (χ0) is 26.2. The van der Waals surface area contributed by atoms with Crippen LogP contribution >= 0.6 is 0 Å². The van der Waals surface area contributed by atoms with Crippen LogP contribution in [0.5, 0.6) is 5.75 Å². The summed E-state index contributed by atoms with van der Waals surface area (Å²) < 4.78 is 42.1.